The van der Waals surface area contributed by atoms with Gasteiger partial charge in [-0.05, 0) is 28.1 Å². The molecule has 2 aromatic heterocycles. The van der Waals surface area contributed by atoms with Crippen LogP contribution in [0.25, 0.3) is 5.65 Å². The number of halogens is 1. The van der Waals surface area contributed by atoms with Crippen molar-refractivity contribution in [2.45, 2.75) is 0 Å². The molecule has 0 saturated carbocycles. The van der Waals surface area contributed by atoms with E-state index in [1.807, 2.05) is 12.1 Å². The average Bonchev–Trinajstić information content (AvgIpc) is 2.71. The lowest BCUT2D eigenvalue weighted by Crippen LogP contribution is -2.26. The number of aromatic nitrogens is 3. The molecule has 0 aliphatic heterocycles. The lowest BCUT2D eigenvalue weighted by Gasteiger charge is -1.96. The molecular formula is C9H9BrN4OS. The zero-order valence-electron chi connectivity index (χ0n) is 8.22. The third kappa shape index (κ3) is 2.19. The van der Waals surface area contributed by atoms with Gasteiger partial charge in [-0.25, -0.2) is 9.50 Å². The maximum atomic E-state index is 11.6. The Labute approximate surface area is 106 Å². The van der Waals surface area contributed by atoms with Crippen LogP contribution in [0, 0.1) is 0 Å². The first kappa shape index (κ1) is 11.4. The number of carbonyl (C=O) groups excluding carboxylic acids is 1. The van der Waals surface area contributed by atoms with Gasteiger partial charge in [-0.15, -0.1) is 5.10 Å². The molecule has 0 aliphatic rings. The first-order valence-electron chi connectivity index (χ1n) is 4.62. The largest absolute Gasteiger partial charge is 0.348 e. The quantitative estimate of drug-likeness (QED) is 0.836. The summed E-state index contributed by atoms with van der Waals surface area (Å²) in [7, 11) is 0. The van der Waals surface area contributed by atoms with Gasteiger partial charge >= 0.3 is 0 Å². The maximum Gasteiger partial charge on any atom is 0.291 e. The van der Waals surface area contributed by atoms with Gasteiger partial charge in [0.1, 0.15) is 0 Å². The van der Waals surface area contributed by atoms with Gasteiger partial charge in [-0.2, -0.15) is 12.6 Å². The monoisotopic (exact) mass is 300 g/mol. The molecule has 2 heterocycles. The van der Waals surface area contributed by atoms with E-state index in [4.69, 9.17) is 0 Å². The third-order valence-corrected chi connectivity index (χ3v) is 2.76. The van der Waals surface area contributed by atoms with Crippen molar-refractivity contribution in [3.8, 4) is 0 Å². The fourth-order valence-electron chi connectivity index (χ4n) is 1.22. The summed E-state index contributed by atoms with van der Waals surface area (Å²) in [5, 5.41) is 6.73. The van der Waals surface area contributed by atoms with Crippen LogP contribution < -0.4 is 5.32 Å². The number of thiol groups is 1. The van der Waals surface area contributed by atoms with Gasteiger partial charge in [0.2, 0.25) is 5.82 Å². The molecule has 0 radical (unpaired) electrons. The number of carbonyl (C=O) groups is 1. The Morgan fingerprint density at radius 3 is 3.12 bits per heavy atom. The Hall–Kier alpha value is -1.08. The van der Waals surface area contributed by atoms with Crippen LogP contribution in [0.15, 0.2) is 22.8 Å². The topological polar surface area (TPSA) is 59.3 Å². The molecule has 84 valence electrons. The Balaban J connectivity index is 2.32. The van der Waals surface area contributed by atoms with Crippen molar-refractivity contribution in [3.05, 3.63) is 28.6 Å². The lowest BCUT2D eigenvalue weighted by molar-refractivity contribution is 0.0946. The van der Waals surface area contributed by atoms with Crippen LogP contribution in [0.4, 0.5) is 0 Å². The van der Waals surface area contributed by atoms with Crippen LogP contribution >= 0.6 is 28.6 Å². The summed E-state index contributed by atoms with van der Waals surface area (Å²) in [4.78, 5) is 15.7. The van der Waals surface area contributed by atoms with Crippen LogP contribution in [0.1, 0.15) is 10.6 Å². The Kier molecular flexibility index (Phi) is 3.45. The highest BCUT2D eigenvalue weighted by molar-refractivity contribution is 9.10. The van der Waals surface area contributed by atoms with Gasteiger partial charge < -0.3 is 5.32 Å². The second-order valence-electron chi connectivity index (χ2n) is 3.04. The molecule has 5 nitrogen and oxygen atoms in total. The van der Waals surface area contributed by atoms with E-state index in [0.717, 1.165) is 4.47 Å². The molecule has 0 unspecified atom stereocenters. The maximum absolute atomic E-state index is 11.6. The van der Waals surface area contributed by atoms with Crippen LogP contribution in [0.2, 0.25) is 0 Å². The average molecular weight is 301 g/mol. The predicted octanol–water partition coefficient (Wildman–Crippen LogP) is 1.15. The second kappa shape index (κ2) is 4.84. The molecule has 0 spiro atoms. The van der Waals surface area contributed by atoms with Crippen molar-refractivity contribution in [1.29, 1.82) is 0 Å². The van der Waals surface area contributed by atoms with Crippen molar-refractivity contribution >= 4 is 40.1 Å². The van der Waals surface area contributed by atoms with Gasteiger partial charge in [-0.3, -0.25) is 4.79 Å². The third-order valence-electron chi connectivity index (χ3n) is 1.92. The van der Waals surface area contributed by atoms with E-state index in [0.29, 0.717) is 17.9 Å². The van der Waals surface area contributed by atoms with Crippen LogP contribution in [0.5, 0.6) is 0 Å². The minimum Gasteiger partial charge on any atom is -0.348 e. The van der Waals surface area contributed by atoms with E-state index in [9.17, 15) is 4.79 Å². The van der Waals surface area contributed by atoms with Crippen LogP contribution in [0.3, 0.4) is 0 Å². The highest BCUT2D eigenvalue weighted by Gasteiger charge is 2.12. The standard InChI is InChI=1S/C9H9BrN4OS/c10-6-2-1-4-14-8(6)12-7(13-14)9(15)11-3-5-16/h1-2,4,16H,3,5H2,(H,11,15). The number of pyridine rings is 1. The molecule has 2 aromatic rings. The van der Waals surface area contributed by atoms with E-state index in [2.05, 4.69) is 44.0 Å². The van der Waals surface area contributed by atoms with Gasteiger partial charge in [0, 0.05) is 18.5 Å². The summed E-state index contributed by atoms with van der Waals surface area (Å²) in [5.74, 6) is 0.460. The summed E-state index contributed by atoms with van der Waals surface area (Å²) >= 11 is 7.35. The van der Waals surface area contributed by atoms with Crippen molar-refractivity contribution in [1.82, 2.24) is 19.9 Å². The summed E-state index contributed by atoms with van der Waals surface area (Å²) < 4.78 is 2.36. The minimum absolute atomic E-state index is 0.161. The number of nitrogens with zero attached hydrogens (tertiary/aromatic N) is 3. The fraction of sp³-hybridized carbons (Fsp3) is 0.222. The van der Waals surface area contributed by atoms with Gasteiger partial charge in [0.05, 0.1) is 4.47 Å². The van der Waals surface area contributed by atoms with E-state index in [1.54, 1.807) is 10.7 Å². The first-order chi connectivity index (χ1) is 7.72. The predicted molar refractivity (Wildman–Crippen MR) is 66.9 cm³/mol. The molecule has 1 amide bonds. The number of amides is 1. The molecule has 2 rings (SSSR count). The Morgan fingerprint density at radius 1 is 1.62 bits per heavy atom. The Bertz CT molecular complexity index is 527. The highest BCUT2D eigenvalue weighted by atomic mass is 79.9. The summed E-state index contributed by atoms with van der Waals surface area (Å²) in [6, 6.07) is 3.67. The van der Waals surface area contributed by atoms with E-state index in [-0.39, 0.29) is 11.7 Å². The Morgan fingerprint density at radius 2 is 2.44 bits per heavy atom. The molecular weight excluding hydrogens is 292 g/mol. The number of nitrogens with one attached hydrogen (secondary N) is 1. The van der Waals surface area contributed by atoms with Gasteiger partial charge in [0.15, 0.2) is 5.65 Å². The number of hydrogen-bond donors (Lipinski definition) is 2. The van der Waals surface area contributed by atoms with E-state index < -0.39 is 0 Å². The molecule has 0 bridgehead atoms. The van der Waals surface area contributed by atoms with E-state index >= 15 is 0 Å². The van der Waals surface area contributed by atoms with Crippen molar-refractivity contribution in [3.63, 3.8) is 0 Å². The first-order valence-corrected chi connectivity index (χ1v) is 6.05. The van der Waals surface area contributed by atoms with Crippen LogP contribution in [-0.2, 0) is 0 Å². The molecule has 0 fully saturated rings. The van der Waals surface area contributed by atoms with Gasteiger partial charge in [0.25, 0.3) is 5.91 Å². The molecule has 0 saturated heterocycles. The molecule has 1 N–H and O–H groups in total. The summed E-state index contributed by atoms with van der Waals surface area (Å²) in [6.45, 7) is 0.499. The van der Waals surface area contributed by atoms with Crippen molar-refractivity contribution in [2.75, 3.05) is 12.3 Å². The molecule has 0 atom stereocenters. The minimum atomic E-state index is -0.287. The SMILES string of the molecule is O=C(NCCS)c1nc2c(Br)cccn2n1. The van der Waals surface area contributed by atoms with Crippen molar-refractivity contribution in [2.24, 2.45) is 0 Å². The number of fused-ring (bicyclic) bond motifs is 1. The van der Waals surface area contributed by atoms with Crippen LogP contribution in [-0.4, -0.2) is 32.8 Å². The number of hydrogen-bond acceptors (Lipinski definition) is 4. The smallest absolute Gasteiger partial charge is 0.291 e. The normalized spacial score (nSPS) is 10.6. The molecule has 0 aromatic carbocycles. The fourth-order valence-corrected chi connectivity index (χ4v) is 1.75. The molecule has 0 aliphatic carbocycles. The molecule has 7 heteroatoms. The van der Waals surface area contributed by atoms with E-state index in [1.165, 1.54) is 0 Å². The zero-order chi connectivity index (χ0) is 11.5. The van der Waals surface area contributed by atoms with Crippen molar-refractivity contribution < 1.29 is 4.79 Å². The number of rotatable bonds is 3. The summed E-state index contributed by atoms with van der Waals surface area (Å²) in [6.07, 6.45) is 1.74. The lowest BCUT2D eigenvalue weighted by atomic mass is 10.5. The van der Waals surface area contributed by atoms with Gasteiger partial charge in [-0.1, -0.05) is 0 Å². The second-order valence-corrected chi connectivity index (χ2v) is 4.34. The summed E-state index contributed by atoms with van der Waals surface area (Å²) in [5.41, 5.74) is 0.624. The molecule has 16 heavy (non-hydrogen) atoms. The highest BCUT2D eigenvalue weighted by Crippen LogP contribution is 2.15. The zero-order valence-corrected chi connectivity index (χ0v) is 10.7.